The van der Waals surface area contributed by atoms with Crippen molar-refractivity contribution in [1.29, 1.82) is 0 Å². The molecule has 0 bridgehead atoms. The molecule has 0 spiro atoms. The largest absolute Gasteiger partial charge is 0.344 e. The highest BCUT2D eigenvalue weighted by atomic mass is 35.5. The van der Waals surface area contributed by atoms with Crippen molar-refractivity contribution in [2.24, 2.45) is 0 Å². The molecule has 2 aromatic carbocycles. The smallest absolute Gasteiger partial charge is 0.261 e. The predicted octanol–water partition coefficient (Wildman–Crippen LogP) is 5.07. The molecule has 1 heterocycles. The van der Waals surface area contributed by atoms with Crippen molar-refractivity contribution in [2.45, 2.75) is 20.4 Å². The average Bonchev–Trinajstić information content (AvgIpc) is 2.62. The van der Waals surface area contributed by atoms with Crippen LogP contribution in [0, 0.1) is 13.8 Å². The summed E-state index contributed by atoms with van der Waals surface area (Å²) in [5, 5.41) is 3.99. The fourth-order valence-corrected chi connectivity index (χ4v) is 3.19. The van der Waals surface area contributed by atoms with Gasteiger partial charge in [0.1, 0.15) is 5.56 Å². The van der Waals surface area contributed by atoms with Gasteiger partial charge in [0, 0.05) is 39.7 Å². The van der Waals surface area contributed by atoms with Gasteiger partial charge < -0.3 is 9.88 Å². The van der Waals surface area contributed by atoms with Gasteiger partial charge >= 0.3 is 0 Å². The molecule has 1 aromatic heterocycles. The summed E-state index contributed by atoms with van der Waals surface area (Å²) >= 11 is 11.8. The lowest BCUT2D eigenvalue weighted by Gasteiger charge is -2.18. The van der Waals surface area contributed by atoms with Gasteiger partial charge in [0.25, 0.3) is 5.91 Å². The molecular formula is C21H18Cl2N2O2. The van der Waals surface area contributed by atoms with E-state index in [1.54, 1.807) is 31.2 Å². The SMILES string of the molecule is Cc1cc(=O)c(C(=O)Nc2ccc(Cl)cc2)c(C)n1Cc1ccc(Cl)cc1. The monoisotopic (exact) mass is 400 g/mol. The Hall–Kier alpha value is -2.56. The minimum Gasteiger partial charge on any atom is -0.344 e. The topological polar surface area (TPSA) is 51.1 Å². The summed E-state index contributed by atoms with van der Waals surface area (Å²) in [7, 11) is 0. The Morgan fingerprint density at radius 3 is 2.11 bits per heavy atom. The summed E-state index contributed by atoms with van der Waals surface area (Å²) < 4.78 is 1.95. The summed E-state index contributed by atoms with van der Waals surface area (Å²) in [6.07, 6.45) is 0. The summed E-state index contributed by atoms with van der Waals surface area (Å²) in [4.78, 5) is 25.2. The number of benzene rings is 2. The minimum absolute atomic E-state index is 0.129. The van der Waals surface area contributed by atoms with Crippen molar-refractivity contribution in [2.75, 3.05) is 5.32 Å². The maximum absolute atomic E-state index is 12.7. The molecule has 4 nitrogen and oxygen atoms in total. The number of halogens is 2. The van der Waals surface area contributed by atoms with Crippen LogP contribution in [0.5, 0.6) is 0 Å². The first-order chi connectivity index (χ1) is 12.8. The van der Waals surface area contributed by atoms with E-state index in [9.17, 15) is 9.59 Å². The van der Waals surface area contributed by atoms with Crippen LogP contribution in [-0.4, -0.2) is 10.5 Å². The van der Waals surface area contributed by atoms with Gasteiger partial charge in [0.05, 0.1) is 0 Å². The van der Waals surface area contributed by atoms with E-state index in [0.717, 1.165) is 11.3 Å². The first-order valence-corrected chi connectivity index (χ1v) is 9.13. The molecule has 0 aliphatic heterocycles. The summed E-state index contributed by atoms with van der Waals surface area (Å²) in [6.45, 7) is 4.17. The zero-order valence-corrected chi connectivity index (χ0v) is 16.4. The van der Waals surface area contributed by atoms with Gasteiger partial charge in [-0.1, -0.05) is 35.3 Å². The molecule has 0 saturated heterocycles. The van der Waals surface area contributed by atoms with Crippen molar-refractivity contribution in [3.63, 3.8) is 0 Å². The highest BCUT2D eigenvalue weighted by molar-refractivity contribution is 6.30. The zero-order valence-electron chi connectivity index (χ0n) is 14.9. The number of nitrogens with one attached hydrogen (secondary N) is 1. The fraction of sp³-hybridized carbons (Fsp3) is 0.143. The molecule has 0 atom stereocenters. The second-order valence-electron chi connectivity index (χ2n) is 6.28. The molecule has 3 rings (SSSR count). The lowest BCUT2D eigenvalue weighted by molar-refractivity contribution is 0.102. The van der Waals surface area contributed by atoms with Gasteiger partial charge in [-0.2, -0.15) is 0 Å². The average molecular weight is 401 g/mol. The van der Waals surface area contributed by atoms with Crippen molar-refractivity contribution < 1.29 is 4.79 Å². The Bertz CT molecular complexity index is 1040. The fourth-order valence-electron chi connectivity index (χ4n) is 2.94. The molecule has 138 valence electrons. The molecule has 0 aliphatic carbocycles. The standard InChI is InChI=1S/C21H18Cl2N2O2/c1-13-11-19(26)20(21(27)24-18-9-7-17(23)8-10-18)14(2)25(13)12-15-3-5-16(22)6-4-15/h3-11H,12H2,1-2H3,(H,24,27). The highest BCUT2D eigenvalue weighted by Crippen LogP contribution is 2.17. The Balaban J connectivity index is 1.95. The molecule has 0 radical (unpaired) electrons. The number of aromatic nitrogens is 1. The van der Waals surface area contributed by atoms with Crippen LogP contribution in [0.15, 0.2) is 59.4 Å². The molecule has 0 aliphatic rings. The summed E-state index contributed by atoms with van der Waals surface area (Å²) in [6, 6.07) is 15.7. The van der Waals surface area contributed by atoms with Crippen LogP contribution < -0.4 is 10.7 Å². The third-order valence-corrected chi connectivity index (χ3v) is 4.87. The van der Waals surface area contributed by atoms with Gasteiger partial charge in [-0.3, -0.25) is 9.59 Å². The molecule has 0 saturated carbocycles. The van der Waals surface area contributed by atoms with E-state index < -0.39 is 5.91 Å². The Labute approximate surface area is 167 Å². The van der Waals surface area contributed by atoms with Crippen LogP contribution in [0.3, 0.4) is 0 Å². The number of pyridine rings is 1. The molecule has 6 heteroatoms. The van der Waals surface area contributed by atoms with Gasteiger partial charge in [-0.05, 0) is 55.8 Å². The molecule has 27 heavy (non-hydrogen) atoms. The predicted molar refractivity (Wildman–Crippen MR) is 110 cm³/mol. The number of rotatable bonds is 4. The second-order valence-corrected chi connectivity index (χ2v) is 7.16. The van der Waals surface area contributed by atoms with E-state index >= 15 is 0 Å². The second kappa shape index (κ2) is 7.99. The number of carbonyl (C=O) groups is 1. The molecule has 3 aromatic rings. The number of amides is 1. The van der Waals surface area contributed by atoms with Crippen molar-refractivity contribution >= 4 is 34.8 Å². The number of carbonyl (C=O) groups excluding carboxylic acids is 1. The van der Waals surface area contributed by atoms with Crippen LogP contribution in [0.25, 0.3) is 0 Å². The number of anilines is 1. The van der Waals surface area contributed by atoms with Crippen LogP contribution in [0.1, 0.15) is 27.3 Å². The Kier molecular flexibility index (Phi) is 5.68. The lowest BCUT2D eigenvalue weighted by atomic mass is 10.1. The van der Waals surface area contributed by atoms with Gasteiger partial charge in [0.15, 0.2) is 5.43 Å². The number of hydrogen-bond donors (Lipinski definition) is 1. The summed E-state index contributed by atoms with van der Waals surface area (Å²) in [5.74, 6) is -0.440. The van der Waals surface area contributed by atoms with E-state index in [-0.39, 0.29) is 11.0 Å². The molecule has 0 fully saturated rings. The van der Waals surface area contributed by atoms with Gasteiger partial charge in [-0.25, -0.2) is 0 Å². The quantitative estimate of drug-likeness (QED) is 0.664. The maximum atomic E-state index is 12.7. The van der Waals surface area contributed by atoms with Gasteiger partial charge in [0.2, 0.25) is 0 Å². The normalized spacial score (nSPS) is 10.7. The number of hydrogen-bond acceptors (Lipinski definition) is 2. The first kappa shape index (κ1) is 19.2. The minimum atomic E-state index is -0.440. The third kappa shape index (κ3) is 4.41. The third-order valence-electron chi connectivity index (χ3n) is 4.36. The van der Waals surface area contributed by atoms with Crippen LogP contribution >= 0.6 is 23.2 Å². The van der Waals surface area contributed by atoms with E-state index in [1.165, 1.54) is 6.07 Å². The van der Waals surface area contributed by atoms with Gasteiger partial charge in [-0.15, -0.1) is 0 Å². The van der Waals surface area contributed by atoms with E-state index in [1.807, 2.05) is 35.8 Å². The number of nitrogens with zero attached hydrogens (tertiary/aromatic N) is 1. The van der Waals surface area contributed by atoms with E-state index in [0.29, 0.717) is 28.0 Å². The maximum Gasteiger partial charge on any atom is 0.261 e. The molecule has 1 N–H and O–H groups in total. The van der Waals surface area contributed by atoms with Crippen LogP contribution in [0.2, 0.25) is 10.0 Å². The van der Waals surface area contributed by atoms with Crippen molar-refractivity contribution in [3.8, 4) is 0 Å². The Morgan fingerprint density at radius 1 is 0.963 bits per heavy atom. The molecule has 1 amide bonds. The summed E-state index contributed by atoms with van der Waals surface area (Å²) in [5.41, 5.74) is 2.83. The lowest BCUT2D eigenvalue weighted by Crippen LogP contribution is -2.27. The van der Waals surface area contributed by atoms with Crippen molar-refractivity contribution in [3.05, 3.63) is 97.4 Å². The van der Waals surface area contributed by atoms with Crippen LogP contribution in [0.4, 0.5) is 5.69 Å². The number of aryl methyl sites for hydroxylation is 1. The van der Waals surface area contributed by atoms with E-state index in [2.05, 4.69) is 5.32 Å². The molecule has 0 unspecified atom stereocenters. The zero-order chi connectivity index (χ0) is 19.6. The first-order valence-electron chi connectivity index (χ1n) is 8.37. The molecular weight excluding hydrogens is 383 g/mol. The Morgan fingerprint density at radius 2 is 1.52 bits per heavy atom. The van der Waals surface area contributed by atoms with Crippen molar-refractivity contribution in [1.82, 2.24) is 4.57 Å². The van der Waals surface area contributed by atoms with Crippen LogP contribution in [-0.2, 0) is 6.54 Å². The highest BCUT2D eigenvalue weighted by Gasteiger charge is 2.18. The van der Waals surface area contributed by atoms with E-state index in [4.69, 9.17) is 23.2 Å².